The molecule has 1 aromatic heterocycles. The van der Waals surface area contributed by atoms with Gasteiger partial charge in [0.05, 0.1) is 11.1 Å². The van der Waals surface area contributed by atoms with Crippen LogP contribution in [0.5, 0.6) is 0 Å². The summed E-state index contributed by atoms with van der Waals surface area (Å²) in [5.74, 6) is 0.00723. The number of H-pyrrole nitrogens is 1. The molecule has 0 spiro atoms. The molecule has 2 atom stereocenters. The molecule has 3 N–H and O–H groups in total. The monoisotopic (exact) mass is 256 g/mol. The number of aliphatic hydroxyl groups is 1. The van der Waals surface area contributed by atoms with Crippen molar-refractivity contribution >= 4 is 17.5 Å². The number of carbonyl (C=O) groups excluding carboxylic acids is 1. The van der Waals surface area contributed by atoms with E-state index < -0.39 is 0 Å². The third-order valence-corrected chi connectivity index (χ3v) is 3.50. The van der Waals surface area contributed by atoms with E-state index in [2.05, 4.69) is 10.3 Å². The Morgan fingerprint density at radius 3 is 2.94 bits per heavy atom. The minimum Gasteiger partial charge on any atom is -0.393 e. The summed E-state index contributed by atoms with van der Waals surface area (Å²) in [5, 5.41) is 13.1. The predicted octanol–water partition coefficient (Wildman–Crippen LogP) is 1.95. The third-order valence-electron chi connectivity index (χ3n) is 3.29. The van der Waals surface area contributed by atoms with E-state index >= 15 is 0 Å². The number of hydrogen-bond donors (Lipinski definition) is 3. The topological polar surface area (TPSA) is 65.1 Å². The molecule has 1 amide bonds. The van der Waals surface area contributed by atoms with Gasteiger partial charge in [-0.25, -0.2) is 0 Å². The van der Waals surface area contributed by atoms with Crippen molar-refractivity contribution in [1.82, 2.24) is 10.3 Å². The van der Waals surface area contributed by atoms with Gasteiger partial charge < -0.3 is 15.4 Å². The molecular formula is C12H17ClN2O2. The fraction of sp³-hybridized carbons (Fsp3) is 0.583. The van der Waals surface area contributed by atoms with Crippen LogP contribution in [0.1, 0.15) is 36.2 Å². The van der Waals surface area contributed by atoms with Crippen LogP contribution in [0.25, 0.3) is 0 Å². The predicted molar refractivity (Wildman–Crippen MR) is 66.1 cm³/mol. The molecule has 1 aliphatic rings. The molecule has 1 aliphatic carbocycles. The number of nitrogens with one attached hydrogen (secondary N) is 2. The van der Waals surface area contributed by atoms with Crippen LogP contribution in [0.15, 0.2) is 12.3 Å². The second kappa shape index (κ2) is 5.56. The average molecular weight is 257 g/mol. The number of aliphatic hydroxyl groups excluding tert-OH is 1. The van der Waals surface area contributed by atoms with Gasteiger partial charge in [-0.1, -0.05) is 24.4 Å². The highest BCUT2D eigenvalue weighted by molar-refractivity contribution is 6.30. The van der Waals surface area contributed by atoms with E-state index in [1.165, 1.54) is 0 Å². The summed E-state index contributed by atoms with van der Waals surface area (Å²) in [5.41, 5.74) is 0.459. The summed E-state index contributed by atoms with van der Waals surface area (Å²) >= 11 is 5.73. The summed E-state index contributed by atoms with van der Waals surface area (Å²) < 4.78 is 0. The maximum absolute atomic E-state index is 11.7. The first-order valence-electron chi connectivity index (χ1n) is 5.97. The lowest BCUT2D eigenvalue weighted by Crippen LogP contribution is -2.36. The number of hydrogen-bond acceptors (Lipinski definition) is 2. The lowest BCUT2D eigenvalue weighted by Gasteiger charge is -2.27. The first kappa shape index (κ1) is 12.5. The van der Waals surface area contributed by atoms with Crippen LogP contribution < -0.4 is 5.32 Å². The Balaban J connectivity index is 1.83. The zero-order chi connectivity index (χ0) is 12.3. The van der Waals surface area contributed by atoms with Gasteiger partial charge in [-0.15, -0.1) is 0 Å². The second-order valence-electron chi connectivity index (χ2n) is 4.55. The standard InChI is InChI=1S/C12H17ClN2O2/c13-9-5-10(14-7-9)12(17)15-6-8-3-1-2-4-11(8)16/h5,7-8,11,14,16H,1-4,6H2,(H,15,17). The highest BCUT2D eigenvalue weighted by Gasteiger charge is 2.23. The summed E-state index contributed by atoms with van der Waals surface area (Å²) in [4.78, 5) is 14.5. The van der Waals surface area contributed by atoms with Gasteiger partial charge in [0, 0.05) is 18.7 Å². The number of aromatic nitrogens is 1. The Morgan fingerprint density at radius 2 is 2.29 bits per heavy atom. The molecule has 5 heteroatoms. The van der Waals surface area contributed by atoms with Crippen molar-refractivity contribution in [2.24, 2.45) is 5.92 Å². The lowest BCUT2D eigenvalue weighted by atomic mass is 9.86. The van der Waals surface area contributed by atoms with Crippen molar-refractivity contribution in [3.05, 3.63) is 23.0 Å². The zero-order valence-electron chi connectivity index (χ0n) is 9.58. The summed E-state index contributed by atoms with van der Waals surface area (Å²) in [6, 6.07) is 1.59. The van der Waals surface area contributed by atoms with E-state index in [0.29, 0.717) is 17.3 Å². The van der Waals surface area contributed by atoms with Gasteiger partial charge in [-0.3, -0.25) is 4.79 Å². The Hall–Kier alpha value is -1.00. The summed E-state index contributed by atoms with van der Waals surface area (Å²) in [6.45, 7) is 0.524. The number of aromatic amines is 1. The Bertz CT molecular complexity index is 392. The molecule has 0 saturated heterocycles. The van der Waals surface area contributed by atoms with Crippen molar-refractivity contribution < 1.29 is 9.90 Å². The van der Waals surface area contributed by atoms with Gasteiger partial charge in [0.2, 0.25) is 0 Å². The van der Waals surface area contributed by atoms with Crippen LogP contribution in [-0.2, 0) is 0 Å². The fourth-order valence-corrected chi connectivity index (χ4v) is 2.41. The third kappa shape index (κ3) is 3.23. The van der Waals surface area contributed by atoms with Crippen molar-refractivity contribution in [1.29, 1.82) is 0 Å². The van der Waals surface area contributed by atoms with Crippen molar-refractivity contribution in [2.75, 3.05) is 6.54 Å². The number of amides is 1. The smallest absolute Gasteiger partial charge is 0.267 e. The van der Waals surface area contributed by atoms with Gasteiger partial charge in [0.25, 0.3) is 5.91 Å². The number of carbonyl (C=O) groups is 1. The van der Waals surface area contributed by atoms with Crippen molar-refractivity contribution in [3.63, 3.8) is 0 Å². The van der Waals surface area contributed by atoms with Crippen LogP contribution in [0.4, 0.5) is 0 Å². The molecule has 0 bridgehead atoms. The van der Waals surface area contributed by atoms with E-state index in [-0.39, 0.29) is 17.9 Å². The van der Waals surface area contributed by atoms with Gasteiger partial charge in [0.1, 0.15) is 5.69 Å². The molecule has 1 aromatic rings. The highest BCUT2D eigenvalue weighted by Crippen LogP contribution is 2.23. The van der Waals surface area contributed by atoms with Crippen LogP contribution >= 0.6 is 11.6 Å². The molecule has 0 aromatic carbocycles. The van der Waals surface area contributed by atoms with E-state index in [4.69, 9.17) is 11.6 Å². The Morgan fingerprint density at radius 1 is 1.53 bits per heavy atom. The van der Waals surface area contributed by atoms with E-state index in [9.17, 15) is 9.90 Å². The normalized spacial score (nSPS) is 24.6. The van der Waals surface area contributed by atoms with Crippen LogP contribution in [-0.4, -0.2) is 28.6 Å². The summed E-state index contributed by atoms with van der Waals surface area (Å²) in [7, 11) is 0. The average Bonchev–Trinajstić information content (AvgIpc) is 2.74. The largest absolute Gasteiger partial charge is 0.393 e. The molecule has 17 heavy (non-hydrogen) atoms. The quantitative estimate of drug-likeness (QED) is 0.774. The molecular weight excluding hydrogens is 240 g/mol. The maximum atomic E-state index is 11.7. The van der Waals surface area contributed by atoms with Gasteiger partial charge in [-0.2, -0.15) is 0 Å². The van der Waals surface area contributed by atoms with E-state index in [1.807, 2.05) is 0 Å². The first-order valence-corrected chi connectivity index (χ1v) is 6.35. The minimum atomic E-state index is -0.281. The maximum Gasteiger partial charge on any atom is 0.267 e. The SMILES string of the molecule is O=C(NCC1CCCCC1O)c1cc(Cl)c[nH]1. The van der Waals surface area contributed by atoms with Gasteiger partial charge in [0.15, 0.2) is 0 Å². The number of rotatable bonds is 3. The molecule has 0 aliphatic heterocycles. The lowest BCUT2D eigenvalue weighted by molar-refractivity contribution is 0.0662. The molecule has 1 saturated carbocycles. The molecule has 4 nitrogen and oxygen atoms in total. The summed E-state index contributed by atoms with van der Waals surface area (Å²) in [6.07, 6.45) is 5.33. The fourth-order valence-electron chi connectivity index (χ4n) is 2.24. The molecule has 2 rings (SSSR count). The molecule has 0 radical (unpaired) electrons. The van der Waals surface area contributed by atoms with Crippen molar-refractivity contribution in [3.8, 4) is 0 Å². The molecule has 1 heterocycles. The minimum absolute atomic E-state index is 0.172. The van der Waals surface area contributed by atoms with E-state index in [0.717, 1.165) is 25.7 Å². The second-order valence-corrected chi connectivity index (χ2v) is 4.99. The van der Waals surface area contributed by atoms with Crippen molar-refractivity contribution in [2.45, 2.75) is 31.8 Å². The number of halogens is 1. The molecule has 1 fully saturated rings. The molecule has 94 valence electrons. The first-order chi connectivity index (χ1) is 8.16. The molecule has 2 unspecified atom stereocenters. The van der Waals surface area contributed by atoms with Gasteiger partial charge in [-0.05, 0) is 18.9 Å². The van der Waals surface area contributed by atoms with Crippen LogP contribution in [0, 0.1) is 5.92 Å². The highest BCUT2D eigenvalue weighted by atomic mass is 35.5. The van der Waals surface area contributed by atoms with E-state index in [1.54, 1.807) is 12.3 Å². The van der Waals surface area contributed by atoms with Gasteiger partial charge >= 0.3 is 0 Å². The Kier molecular flexibility index (Phi) is 4.07. The van der Waals surface area contributed by atoms with Crippen LogP contribution in [0.2, 0.25) is 5.02 Å². The van der Waals surface area contributed by atoms with Crippen LogP contribution in [0.3, 0.4) is 0 Å². The zero-order valence-corrected chi connectivity index (χ0v) is 10.3. The Labute approximate surface area is 105 Å².